The van der Waals surface area contributed by atoms with Crippen molar-refractivity contribution in [3.05, 3.63) is 0 Å². The Morgan fingerprint density at radius 2 is 2.00 bits per heavy atom. The van der Waals surface area contributed by atoms with Gasteiger partial charge in [-0.3, -0.25) is 9.35 Å². The Kier molecular flexibility index (Phi) is 9.89. The van der Waals surface area contributed by atoms with Crippen LogP contribution in [0, 0.1) is 0 Å². The first-order valence-electron chi connectivity index (χ1n) is 3.56. The summed E-state index contributed by atoms with van der Waals surface area (Å²) in [6.07, 6.45) is 1.68. The third-order valence-electron chi connectivity index (χ3n) is 1.10. The van der Waals surface area contributed by atoms with Gasteiger partial charge in [-0.1, -0.05) is 13.3 Å². The van der Waals surface area contributed by atoms with E-state index < -0.39 is 22.0 Å². The van der Waals surface area contributed by atoms with Gasteiger partial charge in [-0.25, -0.2) is 0 Å². The van der Waals surface area contributed by atoms with Crippen LogP contribution in [0.25, 0.3) is 0 Å². The first kappa shape index (κ1) is 16.1. The minimum Gasteiger partial charge on any atom is -0.447 e. The molecule has 0 atom stereocenters. The molecule has 0 aromatic carbocycles. The van der Waals surface area contributed by atoms with Gasteiger partial charge in [0.25, 0.3) is 0 Å². The van der Waals surface area contributed by atoms with Crippen LogP contribution in [0.1, 0.15) is 26.2 Å². The fourth-order valence-corrected chi connectivity index (χ4v) is 0.814. The van der Waals surface area contributed by atoms with Gasteiger partial charge in [0.15, 0.2) is 0 Å². The number of rotatable bonds is 5. The number of hydrogen-bond acceptors (Lipinski definition) is 4. The molecule has 0 fully saturated rings. The Hall–Kier alpha value is 0.640. The minimum atomic E-state index is -4.19. The second-order valence-corrected chi connectivity index (χ2v) is 3.72. The molecular formula is C6H12CaO5S. The number of hydrogen-bond donors (Lipinski definition) is 1. The Morgan fingerprint density at radius 1 is 1.46 bits per heavy atom. The average Bonchev–Trinajstić information content (AvgIpc) is 1.95. The molecule has 0 aromatic rings. The normalized spacial score (nSPS) is 10.3. The monoisotopic (exact) mass is 236 g/mol. The van der Waals surface area contributed by atoms with Crippen LogP contribution in [0.2, 0.25) is 0 Å². The van der Waals surface area contributed by atoms with Gasteiger partial charge in [0, 0.05) is 44.2 Å². The molecule has 0 saturated carbocycles. The molecule has 0 bridgehead atoms. The number of esters is 1. The zero-order valence-electron chi connectivity index (χ0n) is 7.52. The molecule has 2 radical (unpaired) electrons. The van der Waals surface area contributed by atoms with Gasteiger partial charge in [-0.15, -0.1) is 0 Å². The first-order valence-corrected chi connectivity index (χ1v) is 5.17. The molecule has 0 aliphatic heterocycles. The molecular weight excluding hydrogens is 224 g/mol. The summed E-state index contributed by atoms with van der Waals surface area (Å²) >= 11 is 0. The molecule has 0 saturated heterocycles. The summed E-state index contributed by atoms with van der Waals surface area (Å²) in [5, 5.41) is 0. The summed E-state index contributed by atoms with van der Waals surface area (Å²) < 4.78 is 32.6. The van der Waals surface area contributed by atoms with Crippen molar-refractivity contribution in [1.29, 1.82) is 0 Å². The SMILES string of the molecule is CCCCC(=O)OCS(=O)(=O)O.[Ca]. The van der Waals surface area contributed by atoms with Crippen molar-refractivity contribution in [2.24, 2.45) is 0 Å². The zero-order chi connectivity index (χ0) is 9.61. The summed E-state index contributed by atoms with van der Waals surface area (Å²) in [5.74, 6) is -1.55. The number of carbonyl (C=O) groups is 1. The van der Waals surface area contributed by atoms with Crippen molar-refractivity contribution < 1.29 is 22.5 Å². The molecule has 0 heterocycles. The van der Waals surface area contributed by atoms with Crippen LogP contribution in [0.4, 0.5) is 0 Å². The quantitative estimate of drug-likeness (QED) is 0.418. The third-order valence-corrected chi connectivity index (χ3v) is 1.52. The van der Waals surface area contributed by atoms with E-state index in [1.54, 1.807) is 0 Å². The van der Waals surface area contributed by atoms with Crippen molar-refractivity contribution in [3.63, 3.8) is 0 Å². The van der Waals surface area contributed by atoms with Crippen LogP contribution >= 0.6 is 0 Å². The van der Waals surface area contributed by atoms with E-state index in [0.29, 0.717) is 6.42 Å². The summed E-state index contributed by atoms with van der Waals surface area (Å²) in [5.41, 5.74) is 0. The van der Waals surface area contributed by atoms with Gasteiger partial charge in [-0.2, -0.15) is 8.42 Å². The molecule has 0 aliphatic rings. The Labute approximate surface area is 108 Å². The maximum absolute atomic E-state index is 10.7. The smallest absolute Gasteiger partial charge is 0.306 e. The van der Waals surface area contributed by atoms with E-state index in [-0.39, 0.29) is 44.2 Å². The zero-order valence-corrected chi connectivity index (χ0v) is 10.5. The first-order chi connectivity index (χ1) is 5.45. The second-order valence-electron chi connectivity index (χ2n) is 2.32. The number of carbonyl (C=O) groups excluding carboxylic acids is 1. The predicted octanol–water partition coefficient (Wildman–Crippen LogP) is 0.184. The van der Waals surface area contributed by atoms with Crippen LogP contribution in [-0.2, 0) is 19.6 Å². The van der Waals surface area contributed by atoms with Crippen LogP contribution in [-0.4, -0.2) is 62.6 Å². The number of ether oxygens (including phenoxy) is 1. The largest absolute Gasteiger partial charge is 0.447 e. The third kappa shape index (κ3) is 12.6. The Bertz CT molecular complexity index is 235. The standard InChI is InChI=1S/C6H12O5S.Ca/c1-2-3-4-6(7)11-5-12(8,9)10;/h2-5H2,1H3,(H,8,9,10);. The van der Waals surface area contributed by atoms with E-state index in [0.717, 1.165) is 6.42 Å². The van der Waals surface area contributed by atoms with Gasteiger partial charge in [-0.05, 0) is 6.42 Å². The molecule has 0 amide bonds. The van der Waals surface area contributed by atoms with Gasteiger partial charge in [0.05, 0.1) is 0 Å². The van der Waals surface area contributed by atoms with Crippen LogP contribution in [0.15, 0.2) is 0 Å². The number of unbranched alkanes of at least 4 members (excludes halogenated alkanes) is 1. The van der Waals surface area contributed by atoms with E-state index in [9.17, 15) is 13.2 Å². The summed E-state index contributed by atoms with van der Waals surface area (Å²) in [7, 11) is -4.19. The molecule has 1 N–H and O–H groups in total. The fourth-order valence-electron chi connectivity index (χ4n) is 0.533. The Morgan fingerprint density at radius 3 is 2.38 bits per heavy atom. The topological polar surface area (TPSA) is 80.7 Å². The van der Waals surface area contributed by atoms with Crippen molar-refractivity contribution in [2.45, 2.75) is 26.2 Å². The van der Waals surface area contributed by atoms with Gasteiger partial charge in [0.2, 0.25) is 5.94 Å². The molecule has 13 heavy (non-hydrogen) atoms. The summed E-state index contributed by atoms with van der Waals surface area (Å²) in [6, 6.07) is 0. The summed E-state index contributed by atoms with van der Waals surface area (Å²) in [4.78, 5) is 10.7. The van der Waals surface area contributed by atoms with E-state index in [1.807, 2.05) is 6.92 Å². The average molecular weight is 236 g/mol. The van der Waals surface area contributed by atoms with E-state index in [2.05, 4.69) is 4.74 Å². The van der Waals surface area contributed by atoms with Gasteiger partial charge >= 0.3 is 16.1 Å². The molecule has 0 spiro atoms. The van der Waals surface area contributed by atoms with Gasteiger partial charge in [0.1, 0.15) is 0 Å². The maximum atomic E-state index is 10.7. The van der Waals surface area contributed by atoms with Crippen LogP contribution < -0.4 is 0 Å². The van der Waals surface area contributed by atoms with Crippen molar-refractivity contribution in [2.75, 3.05) is 5.94 Å². The maximum Gasteiger partial charge on any atom is 0.306 e. The molecule has 5 nitrogen and oxygen atoms in total. The fraction of sp³-hybridized carbons (Fsp3) is 0.833. The minimum absolute atomic E-state index is 0. The van der Waals surface area contributed by atoms with E-state index >= 15 is 0 Å². The van der Waals surface area contributed by atoms with Crippen molar-refractivity contribution >= 4 is 53.8 Å². The van der Waals surface area contributed by atoms with Crippen molar-refractivity contribution in [3.8, 4) is 0 Å². The van der Waals surface area contributed by atoms with Gasteiger partial charge < -0.3 is 4.74 Å². The second kappa shape index (κ2) is 7.99. The van der Waals surface area contributed by atoms with Crippen LogP contribution in [0.3, 0.4) is 0 Å². The molecule has 0 rings (SSSR count). The van der Waals surface area contributed by atoms with E-state index in [4.69, 9.17) is 4.55 Å². The van der Waals surface area contributed by atoms with Crippen molar-refractivity contribution in [1.82, 2.24) is 0 Å². The molecule has 0 aromatic heterocycles. The molecule has 0 aliphatic carbocycles. The van der Waals surface area contributed by atoms with E-state index in [1.165, 1.54) is 0 Å². The van der Waals surface area contributed by atoms with Crippen LogP contribution in [0.5, 0.6) is 0 Å². The Balaban J connectivity index is 0. The molecule has 7 heteroatoms. The summed E-state index contributed by atoms with van der Waals surface area (Å²) in [6.45, 7) is 1.90. The predicted molar refractivity (Wildman–Crippen MR) is 47.8 cm³/mol. The molecule has 0 unspecified atom stereocenters. The molecule has 74 valence electrons.